The number of rotatable bonds is 15. The summed E-state index contributed by atoms with van der Waals surface area (Å²) in [6.45, 7) is 15.5. The van der Waals surface area contributed by atoms with Crippen molar-refractivity contribution in [2.24, 2.45) is 23.2 Å². The average molecular weight is 445 g/mol. The zero-order valence-electron chi connectivity index (χ0n) is 19.3. The summed E-state index contributed by atoms with van der Waals surface area (Å²) < 4.78 is 10.4. The molecule has 0 aromatic rings. The van der Waals surface area contributed by atoms with E-state index in [-0.39, 0.29) is 23.7 Å². The Balaban J connectivity index is 5.25. The van der Waals surface area contributed by atoms with Crippen LogP contribution in [-0.4, -0.2) is 61.5 Å². The zero-order chi connectivity index (χ0) is 23.3. The molecule has 0 aliphatic heterocycles. The highest BCUT2D eigenvalue weighted by molar-refractivity contribution is 7.80. The Bertz CT molecular complexity index is 560. The van der Waals surface area contributed by atoms with E-state index in [0.29, 0.717) is 37.8 Å². The number of carbonyl (C=O) groups excluding carboxylic acids is 1. The highest BCUT2D eigenvalue weighted by Crippen LogP contribution is 2.27. The molecule has 3 N–H and O–H groups in total. The molecule has 0 spiro atoms. The Morgan fingerprint density at radius 2 is 1.80 bits per heavy atom. The molecule has 3 atom stereocenters. The van der Waals surface area contributed by atoms with Gasteiger partial charge in [0.05, 0.1) is 42.7 Å². The SMILES string of the molecule is C=CCC(C(=O)O)C(CC(C)C)C(=O)NC(C(=S)NCCOCCOC)C(C)(C)C. The summed E-state index contributed by atoms with van der Waals surface area (Å²) in [6.07, 6.45) is 2.26. The third-order valence-electron chi connectivity index (χ3n) is 4.68. The van der Waals surface area contributed by atoms with E-state index >= 15 is 0 Å². The van der Waals surface area contributed by atoms with E-state index in [2.05, 4.69) is 17.2 Å². The monoisotopic (exact) mass is 444 g/mol. The normalized spacial score (nSPS) is 14.6. The average Bonchev–Trinajstić information content (AvgIpc) is 2.63. The van der Waals surface area contributed by atoms with Gasteiger partial charge in [0, 0.05) is 13.7 Å². The minimum Gasteiger partial charge on any atom is -0.481 e. The van der Waals surface area contributed by atoms with Crippen LogP contribution in [-0.2, 0) is 19.1 Å². The van der Waals surface area contributed by atoms with E-state index in [4.69, 9.17) is 21.7 Å². The van der Waals surface area contributed by atoms with Gasteiger partial charge in [0.2, 0.25) is 5.91 Å². The van der Waals surface area contributed by atoms with Gasteiger partial charge in [-0.15, -0.1) is 6.58 Å². The summed E-state index contributed by atoms with van der Waals surface area (Å²) >= 11 is 5.55. The number of ether oxygens (including phenoxy) is 2. The Morgan fingerprint density at radius 3 is 2.27 bits per heavy atom. The first kappa shape index (κ1) is 28.5. The third kappa shape index (κ3) is 11.0. The van der Waals surface area contributed by atoms with Crippen LogP contribution in [0.5, 0.6) is 0 Å². The van der Waals surface area contributed by atoms with Crippen molar-refractivity contribution < 1.29 is 24.2 Å². The molecule has 3 unspecified atom stereocenters. The van der Waals surface area contributed by atoms with E-state index in [9.17, 15) is 14.7 Å². The Morgan fingerprint density at radius 1 is 1.17 bits per heavy atom. The second-order valence-electron chi connectivity index (χ2n) is 8.91. The number of aliphatic carboxylic acids is 1. The number of amides is 1. The van der Waals surface area contributed by atoms with E-state index in [1.165, 1.54) is 0 Å². The summed E-state index contributed by atoms with van der Waals surface area (Å²) in [5, 5.41) is 15.8. The number of hydrogen-bond donors (Lipinski definition) is 3. The van der Waals surface area contributed by atoms with Crippen LogP contribution < -0.4 is 10.6 Å². The highest BCUT2D eigenvalue weighted by atomic mass is 32.1. The minimum atomic E-state index is -0.989. The molecule has 0 radical (unpaired) electrons. The maximum Gasteiger partial charge on any atom is 0.307 e. The van der Waals surface area contributed by atoms with Crippen molar-refractivity contribution in [3.8, 4) is 0 Å². The van der Waals surface area contributed by atoms with Gasteiger partial charge in [0.15, 0.2) is 0 Å². The summed E-state index contributed by atoms with van der Waals surface area (Å²) in [5.41, 5.74) is -0.351. The summed E-state index contributed by atoms with van der Waals surface area (Å²) in [4.78, 5) is 25.5. The molecule has 0 bridgehead atoms. The van der Waals surface area contributed by atoms with Crippen LogP contribution in [0.25, 0.3) is 0 Å². The highest BCUT2D eigenvalue weighted by Gasteiger charge is 2.37. The number of thiocarbonyl (C=S) groups is 1. The van der Waals surface area contributed by atoms with Gasteiger partial charge >= 0.3 is 5.97 Å². The fraction of sp³-hybridized carbons (Fsp3) is 0.773. The third-order valence-corrected chi connectivity index (χ3v) is 5.06. The van der Waals surface area contributed by atoms with Gasteiger partial charge in [-0.2, -0.15) is 0 Å². The number of nitrogens with one attached hydrogen (secondary N) is 2. The number of carboxylic acids is 1. The van der Waals surface area contributed by atoms with Crippen LogP contribution in [0.3, 0.4) is 0 Å². The minimum absolute atomic E-state index is 0.176. The molecule has 0 saturated carbocycles. The van der Waals surface area contributed by atoms with E-state index in [1.807, 2.05) is 34.6 Å². The lowest BCUT2D eigenvalue weighted by Crippen LogP contribution is -2.55. The van der Waals surface area contributed by atoms with Crippen molar-refractivity contribution in [1.82, 2.24) is 10.6 Å². The van der Waals surface area contributed by atoms with Crippen LogP contribution in [0.1, 0.15) is 47.5 Å². The maximum atomic E-state index is 13.2. The molecule has 1 amide bonds. The van der Waals surface area contributed by atoms with E-state index in [1.54, 1.807) is 13.2 Å². The molecule has 0 heterocycles. The lowest BCUT2D eigenvalue weighted by Gasteiger charge is -2.34. The summed E-state index contributed by atoms with van der Waals surface area (Å²) in [7, 11) is 1.61. The lowest BCUT2D eigenvalue weighted by molar-refractivity contribution is -0.147. The quantitative estimate of drug-likeness (QED) is 0.203. The van der Waals surface area contributed by atoms with Crippen molar-refractivity contribution in [3.05, 3.63) is 12.7 Å². The number of hydrogen-bond acceptors (Lipinski definition) is 5. The van der Waals surface area contributed by atoms with Crippen molar-refractivity contribution in [2.45, 2.75) is 53.5 Å². The molecule has 0 saturated heterocycles. The molecule has 0 aromatic heterocycles. The van der Waals surface area contributed by atoms with E-state index in [0.717, 1.165) is 0 Å². The largest absolute Gasteiger partial charge is 0.481 e. The molecule has 8 heteroatoms. The van der Waals surface area contributed by atoms with Gasteiger partial charge < -0.3 is 25.2 Å². The van der Waals surface area contributed by atoms with Gasteiger partial charge in [-0.25, -0.2) is 0 Å². The van der Waals surface area contributed by atoms with Crippen LogP contribution in [0, 0.1) is 23.2 Å². The van der Waals surface area contributed by atoms with Crippen molar-refractivity contribution >= 4 is 29.1 Å². The molecule has 30 heavy (non-hydrogen) atoms. The summed E-state index contributed by atoms with van der Waals surface area (Å²) in [6, 6.07) is -0.438. The lowest BCUT2D eigenvalue weighted by atomic mass is 9.81. The van der Waals surface area contributed by atoms with Gasteiger partial charge in [-0.1, -0.05) is 52.9 Å². The predicted octanol–water partition coefficient (Wildman–Crippen LogP) is 3.04. The zero-order valence-corrected chi connectivity index (χ0v) is 20.1. The molecule has 0 aromatic carbocycles. The molecule has 174 valence electrons. The van der Waals surface area contributed by atoms with Crippen LogP contribution in [0.2, 0.25) is 0 Å². The van der Waals surface area contributed by atoms with Crippen molar-refractivity contribution in [3.63, 3.8) is 0 Å². The summed E-state index contributed by atoms with van der Waals surface area (Å²) in [5.74, 6) is -2.59. The second kappa shape index (κ2) is 14.5. The van der Waals surface area contributed by atoms with Gasteiger partial charge in [-0.05, 0) is 24.2 Å². The van der Waals surface area contributed by atoms with Crippen molar-refractivity contribution in [1.29, 1.82) is 0 Å². The number of carboxylic acid groups (broad SMARTS) is 1. The maximum absolute atomic E-state index is 13.2. The first-order valence-electron chi connectivity index (χ1n) is 10.4. The number of carbonyl (C=O) groups is 2. The molecular formula is C22H40N2O5S. The first-order chi connectivity index (χ1) is 13.9. The molecular weight excluding hydrogens is 404 g/mol. The topological polar surface area (TPSA) is 96.9 Å². The number of allylic oxidation sites excluding steroid dienone is 1. The van der Waals surface area contributed by atoms with E-state index < -0.39 is 23.8 Å². The van der Waals surface area contributed by atoms with Crippen molar-refractivity contribution in [2.75, 3.05) is 33.5 Å². The molecule has 7 nitrogen and oxygen atoms in total. The molecule has 0 aliphatic rings. The Labute approximate surface area is 187 Å². The standard InChI is InChI=1S/C22H40N2O5S/c1-8-9-16(21(26)27)17(14-15(2)3)19(25)24-18(22(4,5)6)20(30)23-10-11-29-13-12-28-7/h8,15-18H,1,9-14H2,2-7H3,(H,23,30)(H,24,25)(H,26,27). The smallest absolute Gasteiger partial charge is 0.307 e. The van der Waals surface area contributed by atoms with Crippen LogP contribution in [0.4, 0.5) is 0 Å². The first-order valence-corrected chi connectivity index (χ1v) is 10.8. The van der Waals surface area contributed by atoms with Gasteiger partial charge in [0.25, 0.3) is 0 Å². The molecule has 0 rings (SSSR count). The molecule has 0 fully saturated rings. The van der Waals surface area contributed by atoms with Gasteiger partial charge in [-0.3, -0.25) is 9.59 Å². The fourth-order valence-electron chi connectivity index (χ4n) is 3.10. The predicted molar refractivity (Wildman–Crippen MR) is 124 cm³/mol. The van der Waals surface area contributed by atoms with Crippen LogP contribution >= 0.6 is 12.2 Å². The second-order valence-corrected chi connectivity index (χ2v) is 9.35. The Kier molecular flexibility index (Phi) is 13.8. The number of methoxy groups -OCH3 is 1. The van der Waals surface area contributed by atoms with Gasteiger partial charge in [0.1, 0.15) is 0 Å². The van der Waals surface area contributed by atoms with Crippen LogP contribution in [0.15, 0.2) is 12.7 Å². The fourth-order valence-corrected chi connectivity index (χ4v) is 3.61. The molecule has 0 aliphatic carbocycles. The Hall–Kier alpha value is -1.51.